The van der Waals surface area contributed by atoms with Gasteiger partial charge < -0.3 is 9.47 Å². The average molecular weight is 442 g/mol. The summed E-state index contributed by atoms with van der Waals surface area (Å²) in [6, 6.07) is 5.99. The van der Waals surface area contributed by atoms with E-state index < -0.39 is 17.5 Å². The fourth-order valence-electron chi connectivity index (χ4n) is 2.50. The summed E-state index contributed by atoms with van der Waals surface area (Å²) in [6.45, 7) is 1.68. The average Bonchev–Trinajstić information content (AvgIpc) is 3.12. The molecule has 2 aromatic carbocycles. The first-order chi connectivity index (χ1) is 13.9. The molecule has 0 aliphatic heterocycles. The van der Waals surface area contributed by atoms with E-state index in [1.165, 1.54) is 11.3 Å². The molecule has 4 nitrogen and oxygen atoms in total. The van der Waals surface area contributed by atoms with Gasteiger partial charge in [-0.1, -0.05) is 11.6 Å². The fraction of sp³-hybridized carbons (Fsp3) is 0.200. The van der Waals surface area contributed by atoms with Crippen LogP contribution in [0.25, 0.3) is 10.6 Å². The van der Waals surface area contributed by atoms with Crippen molar-refractivity contribution in [3.63, 3.8) is 0 Å². The van der Waals surface area contributed by atoms with Gasteiger partial charge in [0.05, 0.1) is 24.3 Å². The topological polar surface area (TPSA) is 48.4 Å². The largest absolute Gasteiger partial charge is 0.488 e. The van der Waals surface area contributed by atoms with Gasteiger partial charge in [0.15, 0.2) is 11.6 Å². The minimum atomic E-state index is -1.27. The highest BCUT2D eigenvalue weighted by Crippen LogP contribution is 2.35. The van der Waals surface area contributed by atoms with E-state index in [0.29, 0.717) is 33.1 Å². The van der Waals surface area contributed by atoms with Crippen LogP contribution in [0.15, 0.2) is 35.7 Å². The number of rotatable bonds is 7. The molecule has 0 N–H and O–H groups in total. The summed E-state index contributed by atoms with van der Waals surface area (Å²) in [4.78, 5) is 16.0. The second kappa shape index (κ2) is 9.28. The van der Waals surface area contributed by atoms with E-state index >= 15 is 0 Å². The third-order valence-corrected chi connectivity index (χ3v) is 4.99. The molecule has 0 aliphatic carbocycles. The third kappa shape index (κ3) is 5.27. The normalized spacial score (nSPS) is 10.8. The number of carbonyl (C=O) groups excluding carboxylic acids is 1. The molecule has 0 aliphatic rings. The van der Waals surface area contributed by atoms with Crippen LogP contribution in [0.4, 0.5) is 13.2 Å². The van der Waals surface area contributed by atoms with Crippen LogP contribution in [0.5, 0.6) is 5.75 Å². The number of carbonyl (C=O) groups is 1. The highest BCUT2D eigenvalue weighted by Gasteiger charge is 2.16. The van der Waals surface area contributed by atoms with Crippen LogP contribution in [-0.4, -0.2) is 17.6 Å². The highest BCUT2D eigenvalue weighted by molar-refractivity contribution is 7.13. The number of thiazole rings is 1. The molecule has 0 saturated carbocycles. The summed E-state index contributed by atoms with van der Waals surface area (Å²) in [6.07, 6.45) is 0.0289. The zero-order valence-electron chi connectivity index (χ0n) is 15.2. The van der Waals surface area contributed by atoms with Crippen molar-refractivity contribution in [3.8, 4) is 16.3 Å². The Bertz CT molecular complexity index is 1040. The van der Waals surface area contributed by atoms with Gasteiger partial charge in [-0.3, -0.25) is 4.79 Å². The predicted molar refractivity (Wildman–Crippen MR) is 104 cm³/mol. The summed E-state index contributed by atoms with van der Waals surface area (Å²) in [7, 11) is 0. The molecule has 0 radical (unpaired) electrons. The number of nitrogens with zero attached hydrogens (tertiary/aromatic N) is 1. The van der Waals surface area contributed by atoms with E-state index in [1.54, 1.807) is 30.5 Å². The van der Waals surface area contributed by atoms with Gasteiger partial charge in [0.2, 0.25) is 0 Å². The summed E-state index contributed by atoms with van der Waals surface area (Å²) in [5, 5.41) is 2.67. The maximum Gasteiger partial charge on any atom is 0.311 e. The van der Waals surface area contributed by atoms with Crippen LogP contribution in [0, 0.1) is 17.5 Å². The van der Waals surface area contributed by atoms with Crippen molar-refractivity contribution in [2.75, 3.05) is 6.61 Å². The van der Waals surface area contributed by atoms with Gasteiger partial charge in [-0.25, -0.2) is 18.2 Å². The molecule has 0 atom stereocenters. The maximum absolute atomic E-state index is 13.8. The number of halogens is 4. The molecule has 0 spiro atoms. The van der Waals surface area contributed by atoms with E-state index in [0.717, 1.165) is 6.07 Å². The number of benzene rings is 2. The summed E-state index contributed by atoms with van der Waals surface area (Å²) >= 11 is 7.35. The SMILES string of the molecule is CCOC(=O)Cc1csc(-c2cc(Cl)ccc2OCc2cc(F)c(F)cc2F)n1. The summed E-state index contributed by atoms with van der Waals surface area (Å²) in [5.41, 5.74) is 0.925. The van der Waals surface area contributed by atoms with Crippen LogP contribution < -0.4 is 4.74 Å². The molecule has 0 bridgehead atoms. The lowest BCUT2D eigenvalue weighted by Crippen LogP contribution is -2.07. The Labute approximate surface area is 173 Å². The molecule has 9 heteroatoms. The van der Waals surface area contributed by atoms with E-state index in [4.69, 9.17) is 21.1 Å². The number of aromatic nitrogens is 1. The molecule has 152 valence electrons. The molecule has 0 amide bonds. The molecular formula is C20H15ClF3NO3S. The lowest BCUT2D eigenvalue weighted by atomic mass is 10.2. The van der Waals surface area contributed by atoms with Crippen molar-refractivity contribution in [1.82, 2.24) is 4.98 Å². The Hall–Kier alpha value is -2.58. The van der Waals surface area contributed by atoms with Crippen molar-refractivity contribution in [1.29, 1.82) is 0 Å². The monoisotopic (exact) mass is 441 g/mol. The van der Waals surface area contributed by atoms with E-state index in [-0.39, 0.29) is 31.2 Å². The number of ether oxygens (including phenoxy) is 2. The van der Waals surface area contributed by atoms with Gasteiger partial charge in [0, 0.05) is 22.0 Å². The lowest BCUT2D eigenvalue weighted by Gasteiger charge is -2.11. The van der Waals surface area contributed by atoms with E-state index in [1.807, 2.05) is 0 Å². The van der Waals surface area contributed by atoms with Crippen LogP contribution in [0.2, 0.25) is 5.02 Å². The van der Waals surface area contributed by atoms with Crippen LogP contribution in [0.3, 0.4) is 0 Å². The number of esters is 1. The molecular weight excluding hydrogens is 427 g/mol. The molecule has 1 heterocycles. The molecule has 3 aromatic rings. The first-order valence-corrected chi connectivity index (χ1v) is 9.79. The maximum atomic E-state index is 13.8. The Morgan fingerprint density at radius 1 is 1.14 bits per heavy atom. The molecule has 29 heavy (non-hydrogen) atoms. The van der Waals surface area contributed by atoms with Crippen LogP contribution in [0.1, 0.15) is 18.2 Å². The van der Waals surface area contributed by atoms with Gasteiger partial charge in [0.25, 0.3) is 0 Å². The summed E-state index contributed by atoms with van der Waals surface area (Å²) in [5.74, 6) is -3.40. The van der Waals surface area contributed by atoms with Gasteiger partial charge in [-0.15, -0.1) is 11.3 Å². The molecule has 3 rings (SSSR count). The Morgan fingerprint density at radius 3 is 2.66 bits per heavy atom. The first kappa shape index (κ1) is 21.1. The van der Waals surface area contributed by atoms with Gasteiger partial charge >= 0.3 is 5.97 Å². The van der Waals surface area contributed by atoms with Crippen LogP contribution in [-0.2, 0) is 22.6 Å². The fourth-order valence-corrected chi connectivity index (χ4v) is 3.51. The van der Waals surface area contributed by atoms with E-state index in [2.05, 4.69) is 4.98 Å². The minimum Gasteiger partial charge on any atom is -0.488 e. The van der Waals surface area contributed by atoms with Gasteiger partial charge in [-0.2, -0.15) is 0 Å². The smallest absolute Gasteiger partial charge is 0.311 e. The van der Waals surface area contributed by atoms with Crippen molar-refractivity contribution < 1.29 is 27.4 Å². The van der Waals surface area contributed by atoms with Gasteiger partial charge in [-0.05, 0) is 31.2 Å². The molecule has 0 saturated heterocycles. The van der Waals surface area contributed by atoms with Crippen molar-refractivity contribution in [3.05, 3.63) is 69.4 Å². The number of hydrogen-bond acceptors (Lipinski definition) is 5. The second-order valence-electron chi connectivity index (χ2n) is 5.91. The van der Waals surface area contributed by atoms with Crippen LogP contribution >= 0.6 is 22.9 Å². The lowest BCUT2D eigenvalue weighted by molar-refractivity contribution is -0.142. The van der Waals surface area contributed by atoms with Crippen molar-refractivity contribution in [2.24, 2.45) is 0 Å². The highest BCUT2D eigenvalue weighted by atomic mass is 35.5. The third-order valence-electron chi connectivity index (χ3n) is 3.83. The Balaban J connectivity index is 1.83. The molecule has 0 fully saturated rings. The van der Waals surface area contributed by atoms with E-state index in [9.17, 15) is 18.0 Å². The minimum absolute atomic E-state index is 0.0289. The predicted octanol–water partition coefficient (Wildman–Crippen LogP) is 5.57. The molecule has 0 unspecified atom stereocenters. The Morgan fingerprint density at radius 2 is 1.90 bits per heavy atom. The Kier molecular flexibility index (Phi) is 6.76. The molecule has 1 aromatic heterocycles. The number of hydrogen-bond donors (Lipinski definition) is 0. The standard InChI is InChI=1S/C20H15ClF3NO3S/c1-2-27-19(26)7-13-10-29-20(25-13)14-6-12(21)3-4-18(14)28-9-11-5-16(23)17(24)8-15(11)22/h3-6,8,10H,2,7,9H2,1H3. The van der Waals surface area contributed by atoms with Crippen molar-refractivity contribution >= 4 is 28.9 Å². The quantitative estimate of drug-likeness (QED) is 0.355. The van der Waals surface area contributed by atoms with Crippen molar-refractivity contribution in [2.45, 2.75) is 20.0 Å². The second-order valence-corrected chi connectivity index (χ2v) is 7.21. The zero-order chi connectivity index (χ0) is 21.0. The van der Waals surface area contributed by atoms with Gasteiger partial charge in [0.1, 0.15) is 23.2 Å². The zero-order valence-corrected chi connectivity index (χ0v) is 16.7. The first-order valence-electron chi connectivity index (χ1n) is 8.53. The summed E-state index contributed by atoms with van der Waals surface area (Å²) < 4.78 is 50.8.